The summed E-state index contributed by atoms with van der Waals surface area (Å²) in [4.78, 5) is 43.3. The fraction of sp³-hybridized carbons (Fsp3) is 0.348. The molecule has 0 aromatic heterocycles. The minimum atomic E-state index is -1.09. The second-order valence-corrected chi connectivity index (χ2v) is 8.55. The summed E-state index contributed by atoms with van der Waals surface area (Å²) in [5.74, 6) is -1.20. The van der Waals surface area contributed by atoms with Crippen LogP contribution in [0.1, 0.15) is 18.4 Å². The van der Waals surface area contributed by atoms with Crippen LogP contribution in [0, 0.1) is 11.8 Å². The number of benzene rings is 2. The van der Waals surface area contributed by atoms with Gasteiger partial charge in [0.25, 0.3) is 5.91 Å². The number of amides is 3. The lowest BCUT2D eigenvalue weighted by Crippen LogP contribution is -3.19. The third kappa shape index (κ3) is 1.91. The van der Waals surface area contributed by atoms with E-state index in [9.17, 15) is 14.4 Å². The van der Waals surface area contributed by atoms with E-state index >= 15 is 0 Å². The average molecular weight is 404 g/mol. The number of anilines is 2. The molecule has 2 N–H and O–H groups in total. The molecule has 1 spiro atoms. The molecule has 2 aromatic carbocycles. The zero-order chi connectivity index (χ0) is 20.6. The number of rotatable bonds is 2. The van der Waals surface area contributed by atoms with E-state index in [0.29, 0.717) is 17.1 Å². The molecule has 4 heterocycles. The van der Waals surface area contributed by atoms with Gasteiger partial charge in [0.2, 0.25) is 17.4 Å². The minimum Gasteiger partial charge on any atom is -0.497 e. The van der Waals surface area contributed by atoms with E-state index in [0.717, 1.165) is 29.8 Å². The number of hydrogen-bond acceptors (Lipinski definition) is 4. The van der Waals surface area contributed by atoms with Gasteiger partial charge in [0.1, 0.15) is 23.6 Å². The van der Waals surface area contributed by atoms with E-state index in [1.165, 1.54) is 4.90 Å². The second kappa shape index (κ2) is 5.92. The number of imide groups is 1. The number of carbonyl (C=O) groups excluding carboxylic acids is 3. The summed E-state index contributed by atoms with van der Waals surface area (Å²) in [6.07, 6.45) is 1.77. The van der Waals surface area contributed by atoms with Gasteiger partial charge < -0.3 is 15.0 Å². The third-order valence-corrected chi connectivity index (χ3v) is 7.44. The van der Waals surface area contributed by atoms with Gasteiger partial charge in [0.15, 0.2) is 0 Å². The maximum atomic E-state index is 13.8. The Morgan fingerprint density at radius 2 is 1.90 bits per heavy atom. The highest BCUT2D eigenvalue weighted by atomic mass is 16.5. The van der Waals surface area contributed by atoms with Crippen LogP contribution in [0.3, 0.4) is 0 Å². The first-order chi connectivity index (χ1) is 14.6. The predicted octanol–water partition coefficient (Wildman–Crippen LogP) is 0.709. The van der Waals surface area contributed by atoms with Crippen molar-refractivity contribution < 1.29 is 24.0 Å². The molecule has 152 valence electrons. The fourth-order valence-electron chi connectivity index (χ4n) is 6.40. The second-order valence-electron chi connectivity index (χ2n) is 8.55. The molecule has 7 nitrogen and oxygen atoms in total. The van der Waals surface area contributed by atoms with E-state index in [2.05, 4.69) is 5.32 Å². The van der Waals surface area contributed by atoms with Crippen molar-refractivity contribution in [2.75, 3.05) is 23.9 Å². The van der Waals surface area contributed by atoms with Crippen molar-refractivity contribution in [1.29, 1.82) is 0 Å². The summed E-state index contributed by atoms with van der Waals surface area (Å²) in [6, 6.07) is 14.5. The van der Waals surface area contributed by atoms with Crippen LogP contribution in [0.15, 0.2) is 48.5 Å². The van der Waals surface area contributed by atoms with E-state index in [1.54, 1.807) is 25.3 Å². The smallest absolute Gasteiger partial charge is 0.291 e. The lowest BCUT2D eigenvalue weighted by Gasteiger charge is -2.33. The molecule has 4 aliphatic heterocycles. The largest absolute Gasteiger partial charge is 0.497 e. The quantitative estimate of drug-likeness (QED) is 0.723. The van der Waals surface area contributed by atoms with Crippen LogP contribution in [0.25, 0.3) is 0 Å². The van der Waals surface area contributed by atoms with Crippen molar-refractivity contribution in [3.8, 4) is 5.75 Å². The maximum Gasteiger partial charge on any atom is 0.291 e. The molecular formula is C23H22N3O4+. The summed E-state index contributed by atoms with van der Waals surface area (Å²) in [5, 5.41) is 3.00. The molecule has 0 bridgehead atoms. The van der Waals surface area contributed by atoms with Crippen LogP contribution in [0.2, 0.25) is 0 Å². The van der Waals surface area contributed by atoms with Crippen LogP contribution in [0.5, 0.6) is 5.75 Å². The maximum absolute atomic E-state index is 13.8. The molecule has 2 aromatic rings. The topological polar surface area (TPSA) is 80.2 Å². The predicted molar refractivity (Wildman–Crippen MR) is 108 cm³/mol. The summed E-state index contributed by atoms with van der Waals surface area (Å²) in [6.45, 7) is 0.771. The SMILES string of the molecule is COc1ccc2c(c1)[C@@]1(C(=O)N2)[C@@H]2C(=O)N(c3ccccc3)C(=O)[C@@H]2[C@@H]2CCC[NH+]21. The van der Waals surface area contributed by atoms with Crippen molar-refractivity contribution in [2.24, 2.45) is 11.8 Å². The van der Waals surface area contributed by atoms with Gasteiger partial charge in [-0.15, -0.1) is 0 Å². The normalized spacial score (nSPS) is 33.6. The molecular weight excluding hydrogens is 382 g/mol. The van der Waals surface area contributed by atoms with Gasteiger partial charge in [0.05, 0.1) is 30.6 Å². The summed E-state index contributed by atoms with van der Waals surface area (Å²) in [7, 11) is 1.59. The van der Waals surface area contributed by atoms with Crippen LogP contribution in [0.4, 0.5) is 11.4 Å². The van der Waals surface area contributed by atoms with E-state index in [4.69, 9.17) is 4.74 Å². The number of para-hydroxylation sites is 1. The Balaban J connectivity index is 1.57. The minimum absolute atomic E-state index is 0.0388. The first kappa shape index (κ1) is 17.7. The van der Waals surface area contributed by atoms with Crippen molar-refractivity contribution in [3.05, 3.63) is 54.1 Å². The lowest BCUT2D eigenvalue weighted by atomic mass is 9.75. The molecule has 0 aliphatic carbocycles. The molecule has 5 atom stereocenters. The highest BCUT2D eigenvalue weighted by Crippen LogP contribution is 2.52. The molecule has 0 saturated carbocycles. The Bertz CT molecular complexity index is 1100. The molecule has 3 amide bonds. The monoisotopic (exact) mass is 404 g/mol. The first-order valence-corrected chi connectivity index (χ1v) is 10.4. The van der Waals surface area contributed by atoms with Crippen molar-refractivity contribution >= 4 is 29.1 Å². The molecule has 0 radical (unpaired) electrons. The fourth-order valence-corrected chi connectivity index (χ4v) is 6.40. The highest BCUT2D eigenvalue weighted by Gasteiger charge is 2.78. The van der Waals surface area contributed by atoms with Gasteiger partial charge in [-0.3, -0.25) is 14.4 Å². The van der Waals surface area contributed by atoms with Crippen molar-refractivity contribution in [1.82, 2.24) is 0 Å². The Morgan fingerprint density at radius 1 is 1.10 bits per heavy atom. The Kier molecular flexibility index (Phi) is 3.48. The number of quaternary nitrogens is 1. The van der Waals surface area contributed by atoms with Crippen molar-refractivity contribution in [3.63, 3.8) is 0 Å². The van der Waals surface area contributed by atoms with E-state index in [-0.39, 0.29) is 23.8 Å². The zero-order valence-corrected chi connectivity index (χ0v) is 16.6. The zero-order valence-electron chi connectivity index (χ0n) is 16.6. The van der Waals surface area contributed by atoms with Gasteiger partial charge in [-0.2, -0.15) is 0 Å². The Labute approximate surface area is 173 Å². The number of nitrogens with zero attached hydrogens (tertiary/aromatic N) is 1. The van der Waals surface area contributed by atoms with Crippen LogP contribution >= 0.6 is 0 Å². The third-order valence-electron chi connectivity index (χ3n) is 7.44. The van der Waals surface area contributed by atoms with Gasteiger partial charge in [-0.05, 0) is 30.3 Å². The number of hydrogen-bond donors (Lipinski definition) is 2. The Morgan fingerprint density at radius 3 is 2.67 bits per heavy atom. The standard InChI is InChI=1S/C23H21N3O4/c1-30-14-9-10-16-15(12-14)23(22(29)24-16)19-18(17-8-5-11-25(17)23)20(27)26(21(19)28)13-6-3-2-4-7-13/h2-4,6-7,9-10,12,17-19H,5,8,11H2,1H3,(H,24,29)/p+1/t17-,18+,19-,23-/m0/s1. The number of fused-ring (bicyclic) bond motifs is 7. The number of nitrogens with one attached hydrogen (secondary N) is 2. The molecule has 7 heteroatoms. The molecule has 4 aliphatic rings. The summed E-state index contributed by atoms with van der Waals surface area (Å²) >= 11 is 0. The van der Waals surface area contributed by atoms with Crippen LogP contribution in [-0.2, 0) is 19.9 Å². The van der Waals surface area contributed by atoms with Crippen LogP contribution < -0.4 is 19.9 Å². The van der Waals surface area contributed by atoms with E-state index < -0.39 is 17.4 Å². The summed E-state index contributed by atoms with van der Waals surface area (Å²) < 4.78 is 5.43. The molecule has 30 heavy (non-hydrogen) atoms. The van der Waals surface area contributed by atoms with Gasteiger partial charge in [-0.1, -0.05) is 18.2 Å². The Hall–Kier alpha value is -3.19. The number of carbonyl (C=O) groups is 3. The lowest BCUT2D eigenvalue weighted by molar-refractivity contribution is -0.948. The van der Waals surface area contributed by atoms with Crippen molar-refractivity contribution in [2.45, 2.75) is 24.4 Å². The van der Waals surface area contributed by atoms with Gasteiger partial charge >= 0.3 is 0 Å². The molecule has 3 saturated heterocycles. The highest BCUT2D eigenvalue weighted by molar-refractivity contribution is 6.25. The molecule has 6 rings (SSSR count). The molecule has 3 fully saturated rings. The summed E-state index contributed by atoms with van der Waals surface area (Å²) in [5.41, 5.74) is 0.961. The first-order valence-electron chi connectivity index (χ1n) is 10.4. The number of methoxy groups -OCH3 is 1. The van der Waals surface area contributed by atoms with E-state index in [1.807, 2.05) is 30.3 Å². The average Bonchev–Trinajstić information content (AvgIpc) is 3.46. The van der Waals surface area contributed by atoms with Crippen LogP contribution in [-0.4, -0.2) is 37.4 Å². The van der Waals surface area contributed by atoms with Gasteiger partial charge in [0, 0.05) is 12.8 Å². The molecule has 1 unspecified atom stereocenters. The number of ether oxygens (including phenoxy) is 1. The van der Waals surface area contributed by atoms with Gasteiger partial charge in [-0.25, -0.2) is 4.90 Å².